The van der Waals surface area contributed by atoms with E-state index in [0.29, 0.717) is 17.4 Å². The topological polar surface area (TPSA) is 111 Å². The summed E-state index contributed by atoms with van der Waals surface area (Å²) in [5, 5.41) is 11.9. The second kappa shape index (κ2) is 75.2. The van der Waals surface area contributed by atoms with E-state index in [1.165, 1.54) is 199 Å². The number of nitrogens with zero attached hydrogens (tertiary/aromatic N) is 1. The molecule has 0 N–H and O–H groups in total. The minimum Gasteiger partial charge on any atom is -0.545 e. The smallest absolute Gasteiger partial charge is 0.306 e. The Kier molecular flexibility index (Phi) is 71.6. The molecule has 0 rings (SSSR count). The fourth-order valence-electron chi connectivity index (χ4n) is 11.0. The van der Waals surface area contributed by atoms with Crippen LogP contribution in [0.3, 0.4) is 0 Å². The number of hydrogen-bond acceptors (Lipinski definition) is 8. The zero-order valence-electron chi connectivity index (χ0n) is 62.3. The van der Waals surface area contributed by atoms with Crippen LogP contribution in [0.1, 0.15) is 335 Å². The molecule has 0 radical (unpaired) electrons. The van der Waals surface area contributed by atoms with Gasteiger partial charge in [0.25, 0.3) is 0 Å². The molecule has 544 valence electrons. The van der Waals surface area contributed by atoms with E-state index in [1.54, 1.807) is 0 Å². The standard InChI is InChI=1S/C86H147NO8/c1-6-8-10-12-14-16-18-20-22-24-26-28-30-32-34-36-38-40-41-42-43-45-47-49-51-53-55-57-59-61-63-65-67-69-71-73-75-77-84(89)95-82(81-94-86(85(90)91)92-79-78-87(3,4)5)80-93-83(88)76-74-72-70-68-66-64-62-60-58-56-54-52-50-48-46-44-39-37-35-33-31-29-27-25-23-21-19-17-15-13-11-9-7-2/h8-11,14-17,20-23,26-29,32-35,38,40,82,86H,6-7,12-13,18-19,24-25,30-31,36-37,39,41-81H2,1-5H3/b10-8-,11-9-,16-14-,17-15-,22-20-,23-21-,28-26-,29-27-,34-32-,35-33-,40-38-. The molecule has 0 amide bonds. The highest BCUT2D eigenvalue weighted by atomic mass is 16.7. The van der Waals surface area contributed by atoms with Crippen molar-refractivity contribution in [2.75, 3.05) is 47.5 Å². The average molecular weight is 1320 g/mol. The Hall–Kier alpha value is -4.57. The summed E-state index contributed by atoms with van der Waals surface area (Å²) in [6, 6.07) is 0. The molecule has 9 nitrogen and oxygen atoms in total. The highest BCUT2D eigenvalue weighted by Crippen LogP contribution is 2.18. The minimum absolute atomic E-state index is 0.145. The van der Waals surface area contributed by atoms with Gasteiger partial charge in [-0.2, -0.15) is 0 Å². The van der Waals surface area contributed by atoms with Crippen LogP contribution in [0.5, 0.6) is 0 Å². The van der Waals surface area contributed by atoms with E-state index in [2.05, 4.69) is 148 Å². The Labute approximate surface area is 586 Å². The molecule has 2 unspecified atom stereocenters. The summed E-state index contributed by atoms with van der Waals surface area (Å²) < 4.78 is 22.9. The van der Waals surface area contributed by atoms with Gasteiger partial charge >= 0.3 is 11.9 Å². The number of likely N-dealkylation sites (N-methyl/N-ethyl adjacent to an activating group) is 1. The summed E-state index contributed by atoms with van der Waals surface area (Å²) in [6.07, 6.45) is 106. The van der Waals surface area contributed by atoms with Gasteiger partial charge in [0, 0.05) is 12.8 Å². The van der Waals surface area contributed by atoms with Crippen LogP contribution in [0.2, 0.25) is 0 Å². The van der Waals surface area contributed by atoms with E-state index in [0.717, 1.165) is 103 Å². The predicted octanol–water partition coefficient (Wildman–Crippen LogP) is 23.9. The van der Waals surface area contributed by atoms with Gasteiger partial charge in [-0.05, 0) is 109 Å². The summed E-state index contributed by atoms with van der Waals surface area (Å²) >= 11 is 0. The number of carbonyl (C=O) groups excluding carboxylic acids is 3. The van der Waals surface area contributed by atoms with Crippen LogP contribution in [-0.2, 0) is 33.3 Å². The Morgan fingerprint density at radius 3 is 0.842 bits per heavy atom. The number of carbonyl (C=O) groups is 3. The van der Waals surface area contributed by atoms with Gasteiger partial charge in [0.15, 0.2) is 12.4 Å². The Bertz CT molecular complexity index is 2030. The van der Waals surface area contributed by atoms with Gasteiger partial charge < -0.3 is 33.3 Å². The number of quaternary nitrogens is 1. The second-order valence-electron chi connectivity index (χ2n) is 27.2. The molecule has 0 aliphatic rings. The van der Waals surface area contributed by atoms with E-state index < -0.39 is 24.3 Å². The first-order chi connectivity index (χ1) is 46.6. The predicted molar refractivity (Wildman–Crippen MR) is 407 cm³/mol. The van der Waals surface area contributed by atoms with Crippen LogP contribution in [0, 0.1) is 0 Å². The first kappa shape index (κ1) is 90.4. The molecule has 0 aliphatic heterocycles. The maximum Gasteiger partial charge on any atom is 0.306 e. The van der Waals surface area contributed by atoms with Gasteiger partial charge in [0.1, 0.15) is 13.2 Å². The van der Waals surface area contributed by atoms with E-state index in [1.807, 2.05) is 21.1 Å². The number of ether oxygens (including phenoxy) is 4. The van der Waals surface area contributed by atoms with Crippen molar-refractivity contribution in [3.8, 4) is 0 Å². The van der Waals surface area contributed by atoms with Crippen molar-refractivity contribution >= 4 is 17.9 Å². The number of carboxylic acids is 1. The van der Waals surface area contributed by atoms with Crippen molar-refractivity contribution in [2.45, 2.75) is 347 Å². The molecule has 0 aromatic rings. The van der Waals surface area contributed by atoms with Gasteiger partial charge in [0.05, 0.1) is 40.3 Å². The van der Waals surface area contributed by atoms with Crippen molar-refractivity contribution in [3.63, 3.8) is 0 Å². The number of carboxylic acid groups (broad SMARTS) is 1. The minimum atomic E-state index is -1.63. The molecule has 0 saturated heterocycles. The monoisotopic (exact) mass is 1320 g/mol. The van der Waals surface area contributed by atoms with E-state index >= 15 is 0 Å². The molecule has 0 bridgehead atoms. The summed E-state index contributed by atoms with van der Waals surface area (Å²) in [5.41, 5.74) is 0. The van der Waals surface area contributed by atoms with Crippen LogP contribution in [0.4, 0.5) is 0 Å². The van der Waals surface area contributed by atoms with E-state index in [4.69, 9.17) is 18.9 Å². The largest absolute Gasteiger partial charge is 0.545 e. The normalized spacial score (nSPS) is 13.4. The third-order valence-electron chi connectivity index (χ3n) is 16.9. The molecule has 0 heterocycles. The van der Waals surface area contributed by atoms with Crippen LogP contribution in [-0.4, -0.2) is 82.3 Å². The molecule has 0 fully saturated rings. The lowest BCUT2D eigenvalue weighted by Gasteiger charge is -2.26. The lowest BCUT2D eigenvalue weighted by molar-refractivity contribution is -0.870. The first-order valence-corrected chi connectivity index (χ1v) is 39.3. The molecule has 0 spiro atoms. The fraction of sp³-hybridized carbons (Fsp3) is 0.709. The van der Waals surface area contributed by atoms with Gasteiger partial charge in [-0.15, -0.1) is 0 Å². The highest BCUT2D eigenvalue weighted by Gasteiger charge is 2.22. The van der Waals surface area contributed by atoms with Crippen molar-refractivity contribution in [1.29, 1.82) is 0 Å². The fourth-order valence-corrected chi connectivity index (χ4v) is 11.0. The average Bonchev–Trinajstić information content (AvgIpc) is 3.75. The van der Waals surface area contributed by atoms with Crippen LogP contribution >= 0.6 is 0 Å². The second-order valence-corrected chi connectivity index (χ2v) is 27.2. The van der Waals surface area contributed by atoms with Gasteiger partial charge in [-0.1, -0.05) is 347 Å². The maximum atomic E-state index is 13.0. The quantitative estimate of drug-likeness (QED) is 0.0195. The molecule has 0 aromatic heterocycles. The summed E-state index contributed by atoms with van der Waals surface area (Å²) in [5.74, 6) is -2.27. The number of allylic oxidation sites excluding steroid dienone is 22. The van der Waals surface area contributed by atoms with Crippen LogP contribution < -0.4 is 5.11 Å². The molecule has 0 aliphatic carbocycles. The Morgan fingerprint density at radius 1 is 0.316 bits per heavy atom. The van der Waals surface area contributed by atoms with Gasteiger partial charge in [-0.25, -0.2) is 0 Å². The van der Waals surface area contributed by atoms with Gasteiger partial charge in [-0.3, -0.25) is 9.59 Å². The lowest BCUT2D eigenvalue weighted by Crippen LogP contribution is -2.44. The maximum absolute atomic E-state index is 13.0. The molecule has 9 heteroatoms. The van der Waals surface area contributed by atoms with Gasteiger partial charge in [0.2, 0.25) is 0 Å². The third-order valence-corrected chi connectivity index (χ3v) is 16.9. The zero-order chi connectivity index (χ0) is 69.0. The first-order valence-electron chi connectivity index (χ1n) is 39.3. The van der Waals surface area contributed by atoms with Crippen molar-refractivity contribution in [1.82, 2.24) is 0 Å². The number of rotatable bonds is 72. The summed E-state index contributed by atoms with van der Waals surface area (Å²) in [6.45, 7) is 4.55. The van der Waals surface area contributed by atoms with Crippen molar-refractivity contribution in [3.05, 3.63) is 134 Å². The number of aliphatic carboxylic acids is 1. The zero-order valence-corrected chi connectivity index (χ0v) is 62.3. The Morgan fingerprint density at radius 2 is 0.568 bits per heavy atom. The van der Waals surface area contributed by atoms with E-state index in [-0.39, 0.29) is 38.6 Å². The lowest BCUT2D eigenvalue weighted by atomic mass is 10.0. The third kappa shape index (κ3) is 76.7. The summed E-state index contributed by atoms with van der Waals surface area (Å²) in [7, 11) is 5.94. The molecule has 95 heavy (non-hydrogen) atoms. The highest BCUT2D eigenvalue weighted by molar-refractivity contribution is 5.70. The number of hydrogen-bond donors (Lipinski definition) is 0. The summed E-state index contributed by atoms with van der Waals surface area (Å²) in [4.78, 5) is 37.6. The van der Waals surface area contributed by atoms with Crippen molar-refractivity contribution in [2.24, 2.45) is 0 Å². The number of esters is 2. The molecular formula is C86H147NO8. The molecular weight excluding hydrogens is 1170 g/mol. The molecule has 2 atom stereocenters. The SMILES string of the molecule is CC/C=C\C/C=C\C/C=C\C/C=C\C/C=C\C/C=C\CCCCCCCCCCCCCCCCCCCCC(=O)OC(COC(=O)CCCCCCCCCCCCCCCCCCC/C=C\C/C=C\C/C=C\C/C=C\C/C=C\CC)COC(OCC[N+](C)(C)C)C(=O)[O-]. The van der Waals surface area contributed by atoms with Crippen molar-refractivity contribution < 1.29 is 42.9 Å². The Balaban J connectivity index is 4.03. The number of unbranched alkanes of at least 4 members (excludes halogenated alkanes) is 35. The molecule has 0 aromatic carbocycles. The van der Waals surface area contributed by atoms with Crippen LogP contribution in [0.25, 0.3) is 0 Å². The molecule has 0 saturated carbocycles. The van der Waals surface area contributed by atoms with E-state index in [9.17, 15) is 19.5 Å². The van der Waals surface area contributed by atoms with Crippen LogP contribution in [0.15, 0.2) is 134 Å².